The molecule has 0 atom stereocenters. The maximum atomic E-state index is 13.1. The van der Waals surface area contributed by atoms with E-state index in [1.54, 1.807) is 6.07 Å². The van der Waals surface area contributed by atoms with E-state index in [0.29, 0.717) is 9.38 Å². The number of hydrogen-bond donors (Lipinski definition) is 0. The van der Waals surface area contributed by atoms with Gasteiger partial charge in [-0.2, -0.15) is 0 Å². The molecule has 0 bridgehead atoms. The Hall–Kier alpha value is -2.43. The lowest BCUT2D eigenvalue weighted by Gasteiger charge is -2.28. The summed E-state index contributed by atoms with van der Waals surface area (Å²) in [5.74, 6) is 0.0305. The van der Waals surface area contributed by atoms with E-state index >= 15 is 0 Å². The summed E-state index contributed by atoms with van der Waals surface area (Å²) in [4.78, 5) is 0.409. The molecule has 4 rings (SSSR count). The average molecular weight is 364 g/mol. The van der Waals surface area contributed by atoms with Crippen molar-refractivity contribution in [1.82, 2.24) is 4.48 Å². The second-order valence-corrected chi connectivity index (χ2v) is 9.38. The lowest BCUT2D eigenvalue weighted by atomic mass is 10.1. The summed E-state index contributed by atoms with van der Waals surface area (Å²) in [6.45, 7) is 0. The van der Waals surface area contributed by atoms with Gasteiger partial charge in [-0.25, -0.2) is 8.42 Å². The van der Waals surface area contributed by atoms with Crippen LogP contribution in [0, 0.1) is 0 Å². The third-order valence-corrected chi connectivity index (χ3v) is 7.03. The van der Waals surface area contributed by atoms with Crippen molar-refractivity contribution in [3.63, 3.8) is 0 Å². The van der Waals surface area contributed by atoms with E-state index < -0.39 is 9.84 Å². The van der Waals surface area contributed by atoms with Crippen LogP contribution in [0.2, 0.25) is 0 Å². The average Bonchev–Trinajstić information content (AvgIpc) is 2.99. The molecule has 0 unspecified atom stereocenters. The molecular weight excluding hydrogens is 342 g/mol. The van der Waals surface area contributed by atoms with Gasteiger partial charge in [0.15, 0.2) is 5.88 Å². The molecule has 0 heterocycles. The lowest BCUT2D eigenvalue weighted by molar-refractivity contribution is 0.448. The molecule has 4 heteroatoms. The first kappa shape index (κ1) is 17.0. The molecule has 1 aliphatic carbocycles. The van der Waals surface area contributed by atoms with Crippen LogP contribution in [0.15, 0.2) is 77.7 Å². The number of benzene rings is 3. The van der Waals surface area contributed by atoms with E-state index in [1.807, 2.05) is 68.7 Å². The predicted molar refractivity (Wildman–Crippen MR) is 107 cm³/mol. The molecule has 3 nitrogen and oxygen atoms in total. The van der Waals surface area contributed by atoms with E-state index in [-0.39, 0.29) is 5.88 Å². The van der Waals surface area contributed by atoms with Crippen molar-refractivity contribution in [2.24, 2.45) is 0 Å². The van der Waals surface area contributed by atoms with Gasteiger partial charge in [-0.1, -0.05) is 48.5 Å². The molecule has 3 aromatic carbocycles. The van der Waals surface area contributed by atoms with E-state index in [9.17, 15) is 8.42 Å². The van der Waals surface area contributed by atoms with Gasteiger partial charge < -0.3 is 0 Å². The van der Waals surface area contributed by atoms with Gasteiger partial charge in [0.1, 0.15) is 5.69 Å². The van der Waals surface area contributed by atoms with E-state index in [2.05, 4.69) is 12.1 Å². The van der Waals surface area contributed by atoms with Crippen LogP contribution in [0.25, 0.3) is 11.1 Å². The van der Waals surface area contributed by atoms with Crippen LogP contribution in [-0.2, 0) is 16.3 Å². The van der Waals surface area contributed by atoms with Crippen LogP contribution >= 0.6 is 0 Å². The quantitative estimate of drug-likeness (QED) is 0.507. The van der Waals surface area contributed by atoms with Crippen molar-refractivity contribution in [1.29, 1.82) is 0 Å². The Morgan fingerprint density at radius 2 is 1.46 bits per heavy atom. The van der Waals surface area contributed by atoms with Crippen molar-refractivity contribution < 1.29 is 8.42 Å². The SMILES string of the molecule is C[N+](C)(CS(=O)(=O)c1ccc2c(c1)Cc1ccccc1-2)c1ccccc1. The molecule has 0 amide bonds. The van der Waals surface area contributed by atoms with Crippen molar-refractivity contribution in [2.75, 3.05) is 20.0 Å². The third kappa shape index (κ3) is 2.96. The zero-order chi connectivity index (χ0) is 18.4. The Morgan fingerprint density at radius 1 is 0.808 bits per heavy atom. The number of hydrogen-bond acceptors (Lipinski definition) is 2. The largest absolute Gasteiger partial charge is 0.283 e. The lowest BCUT2D eigenvalue weighted by Crippen LogP contribution is -2.44. The normalized spacial score (nSPS) is 13.3. The standard InChI is InChI=1S/C22H22NO2S/c1-23(2,19-9-4-3-5-10-19)16-26(24,25)20-12-13-22-18(15-20)14-17-8-6-7-11-21(17)22/h3-13,15H,14,16H2,1-2H3/q+1. The second-order valence-electron chi connectivity index (χ2n) is 7.42. The van der Waals surface area contributed by atoms with Gasteiger partial charge in [-0.15, -0.1) is 0 Å². The molecule has 0 saturated heterocycles. The maximum absolute atomic E-state index is 13.1. The molecular formula is C22H22NO2S+. The Labute approximate surface area is 155 Å². The molecule has 0 N–H and O–H groups in total. The maximum Gasteiger partial charge on any atom is 0.229 e. The fourth-order valence-electron chi connectivity index (χ4n) is 3.72. The number of para-hydroxylation sites is 1. The molecule has 0 aromatic heterocycles. The number of sulfone groups is 1. The van der Waals surface area contributed by atoms with Crippen molar-refractivity contribution in [3.05, 3.63) is 83.9 Å². The van der Waals surface area contributed by atoms with Crippen molar-refractivity contribution in [3.8, 4) is 11.1 Å². The third-order valence-electron chi connectivity index (χ3n) is 5.07. The number of rotatable bonds is 4. The van der Waals surface area contributed by atoms with Crippen LogP contribution in [0.5, 0.6) is 0 Å². The Kier molecular flexibility index (Phi) is 3.98. The van der Waals surface area contributed by atoms with Crippen LogP contribution in [0.3, 0.4) is 0 Å². The summed E-state index contributed by atoms with van der Waals surface area (Å²) < 4.78 is 26.4. The summed E-state index contributed by atoms with van der Waals surface area (Å²) in [5, 5.41) is 0. The van der Waals surface area contributed by atoms with Gasteiger partial charge in [0.25, 0.3) is 0 Å². The minimum absolute atomic E-state index is 0.0305. The number of quaternary nitrogens is 1. The number of nitrogens with zero attached hydrogens (tertiary/aromatic N) is 1. The van der Waals surface area contributed by atoms with Gasteiger partial charge in [0, 0.05) is 0 Å². The molecule has 0 saturated carbocycles. The summed E-state index contributed by atoms with van der Waals surface area (Å²) in [6.07, 6.45) is 0.797. The van der Waals surface area contributed by atoms with Crippen LogP contribution in [0.4, 0.5) is 5.69 Å². The van der Waals surface area contributed by atoms with Crippen molar-refractivity contribution >= 4 is 15.5 Å². The molecule has 0 spiro atoms. The summed E-state index contributed by atoms with van der Waals surface area (Å²) in [5.41, 5.74) is 5.70. The molecule has 1 aliphatic rings. The minimum atomic E-state index is -3.40. The minimum Gasteiger partial charge on any atom is -0.283 e. The van der Waals surface area contributed by atoms with Crippen molar-refractivity contribution in [2.45, 2.75) is 11.3 Å². The van der Waals surface area contributed by atoms with Gasteiger partial charge in [-0.05, 0) is 52.9 Å². The van der Waals surface area contributed by atoms with Gasteiger partial charge in [0.2, 0.25) is 9.84 Å². The molecule has 0 aliphatic heterocycles. The Morgan fingerprint density at radius 3 is 2.23 bits per heavy atom. The van der Waals surface area contributed by atoms with E-state index in [4.69, 9.17) is 0 Å². The fourth-order valence-corrected chi connectivity index (χ4v) is 5.47. The van der Waals surface area contributed by atoms with E-state index in [1.165, 1.54) is 11.1 Å². The molecule has 0 radical (unpaired) electrons. The highest BCUT2D eigenvalue weighted by Crippen LogP contribution is 2.37. The second kappa shape index (κ2) is 6.08. The highest BCUT2D eigenvalue weighted by Gasteiger charge is 2.30. The fraction of sp³-hybridized carbons (Fsp3) is 0.182. The highest BCUT2D eigenvalue weighted by molar-refractivity contribution is 7.91. The molecule has 3 aromatic rings. The Bertz CT molecular complexity index is 1070. The summed E-state index contributed by atoms with van der Waals surface area (Å²) in [7, 11) is 0.451. The summed E-state index contributed by atoms with van der Waals surface area (Å²) >= 11 is 0. The molecule has 132 valence electrons. The van der Waals surface area contributed by atoms with E-state index in [0.717, 1.165) is 23.2 Å². The monoisotopic (exact) mass is 364 g/mol. The van der Waals surface area contributed by atoms with Crippen LogP contribution in [-0.4, -0.2) is 28.4 Å². The first-order valence-corrected chi connectivity index (χ1v) is 10.3. The predicted octanol–water partition coefficient (Wildman–Crippen LogP) is 4.26. The smallest absolute Gasteiger partial charge is 0.229 e. The highest BCUT2D eigenvalue weighted by atomic mass is 32.2. The topological polar surface area (TPSA) is 34.1 Å². The zero-order valence-electron chi connectivity index (χ0n) is 15.0. The first-order chi connectivity index (χ1) is 12.4. The number of fused-ring (bicyclic) bond motifs is 3. The Balaban J connectivity index is 1.67. The zero-order valence-corrected chi connectivity index (χ0v) is 15.8. The van der Waals surface area contributed by atoms with Crippen LogP contribution in [0.1, 0.15) is 11.1 Å². The van der Waals surface area contributed by atoms with Gasteiger partial charge in [0.05, 0.1) is 19.0 Å². The first-order valence-electron chi connectivity index (χ1n) is 8.69. The van der Waals surface area contributed by atoms with Gasteiger partial charge >= 0.3 is 0 Å². The van der Waals surface area contributed by atoms with Crippen LogP contribution < -0.4 is 4.48 Å². The summed E-state index contributed by atoms with van der Waals surface area (Å²) in [6, 6.07) is 23.6. The van der Waals surface area contributed by atoms with Gasteiger partial charge in [-0.3, -0.25) is 4.48 Å². The molecule has 26 heavy (non-hydrogen) atoms. The molecule has 0 fully saturated rings.